The lowest BCUT2D eigenvalue weighted by Gasteiger charge is -2.06. The summed E-state index contributed by atoms with van der Waals surface area (Å²) in [5, 5.41) is 0. The van der Waals surface area contributed by atoms with Gasteiger partial charge in [-0.1, -0.05) is 24.3 Å². The Morgan fingerprint density at radius 2 is 1.59 bits per heavy atom. The maximum atomic E-state index is 12.5. The summed E-state index contributed by atoms with van der Waals surface area (Å²) in [5.74, 6) is -0.112. The molecule has 0 atom stereocenters. The molecule has 5 heteroatoms. The largest absolute Gasteiger partial charge is 0.260 e. The van der Waals surface area contributed by atoms with Gasteiger partial charge in [0.05, 0.1) is 22.0 Å². The van der Waals surface area contributed by atoms with Crippen LogP contribution in [0.5, 0.6) is 0 Å². The summed E-state index contributed by atoms with van der Waals surface area (Å²) in [4.78, 5) is 8.61. The molecular formula is C17H14N2O2S. The zero-order chi connectivity index (χ0) is 15.4. The zero-order valence-corrected chi connectivity index (χ0v) is 12.6. The summed E-state index contributed by atoms with van der Waals surface area (Å²) in [6.07, 6.45) is 3.28. The molecule has 22 heavy (non-hydrogen) atoms. The lowest BCUT2D eigenvalue weighted by Crippen LogP contribution is -2.06. The van der Waals surface area contributed by atoms with Crippen LogP contribution in [0.25, 0.3) is 11.3 Å². The summed E-state index contributed by atoms with van der Waals surface area (Å²) in [6.45, 7) is 0. The van der Waals surface area contributed by atoms with Gasteiger partial charge in [0.2, 0.25) is 0 Å². The van der Waals surface area contributed by atoms with Crippen molar-refractivity contribution in [2.24, 2.45) is 0 Å². The number of rotatable bonds is 4. The molecule has 0 fully saturated rings. The van der Waals surface area contributed by atoms with E-state index < -0.39 is 9.84 Å². The molecule has 0 aliphatic carbocycles. The molecule has 0 saturated carbocycles. The minimum atomic E-state index is -3.43. The van der Waals surface area contributed by atoms with E-state index in [9.17, 15) is 8.42 Å². The predicted octanol–water partition coefficient (Wildman–Crippen LogP) is 3.12. The molecule has 110 valence electrons. The van der Waals surface area contributed by atoms with Crippen molar-refractivity contribution in [3.05, 3.63) is 78.8 Å². The van der Waals surface area contributed by atoms with Gasteiger partial charge in [0.1, 0.15) is 0 Å². The molecule has 0 aliphatic rings. The number of hydrogen-bond acceptors (Lipinski definition) is 4. The highest BCUT2D eigenvalue weighted by Gasteiger charge is 2.16. The molecule has 0 amide bonds. The molecule has 0 radical (unpaired) electrons. The van der Waals surface area contributed by atoms with Gasteiger partial charge in [-0.15, -0.1) is 0 Å². The Kier molecular flexibility index (Phi) is 3.98. The second-order valence-corrected chi connectivity index (χ2v) is 6.81. The normalized spacial score (nSPS) is 11.3. The second-order valence-electron chi connectivity index (χ2n) is 4.82. The van der Waals surface area contributed by atoms with Gasteiger partial charge in [-0.05, 0) is 36.4 Å². The smallest absolute Gasteiger partial charge is 0.184 e. The summed E-state index contributed by atoms with van der Waals surface area (Å²) < 4.78 is 25.0. The van der Waals surface area contributed by atoms with E-state index >= 15 is 0 Å². The van der Waals surface area contributed by atoms with Crippen LogP contribution in [0.4, 0.5) is 0 Å². The molecule has 0 saturated heterocycles. The van der Waals surface area contributed by atoms with Crippen molar-refractivity contribution < 1.29 is 8.42 Å². The molecule has 3 aromatic rings. The van der Waals surface area contributed by atoms with Crippen LogP contribution < -0.4 is 0 Å². The first-order valence-electron chi connectivity index (χ1n) is 6.79. The first kappa shape index (κ1) is 14.4. The second kappa shape index (κ2) is 6.07. The summed E-state index contributed by atoms with van der Waals surface area (Å²) in [7, 11) is -3.43. The highest BCUT2D eigenvalue weighted by Crippen LogP contribution is 2.22. The fraction of sp³-hybridized carbons (Fsp3) is 0.0588. The molecule has 0 bridgehead atoms. The fourth-order valence-corrected chi connectivity index (χ4v) is 3.46. The number of aromatic nitrogens is 2. The van der Waals surface area contributed by atoms with Crippen molar-refractivity contribution in [2.75, 3.05) is 0 Å². The van der Waals surface area contributed by atoms with Crippen molar-refractivity contribution in [3.8, 4) is 11.3 Å². The Morgan fingerprint density at radius 1 is 0.818 bits per heavy atom. The van der Waals surface area contributed by atoms with Crippen molar-refractivity contribution in [3.63, 3.8) is 0 Å². The molecule has 0 spiro atoms. The van der Waals surface area contributed by atoms with Crippen molar-refractivity contribution >= 4 is 9.84 Å². The van der Waals surface area contributed by atoms with Gasteiger partial charge in [0, 0.05) is 18.0 Å². The van der Waals surface area contributed by atoms with Gasteiger partial charge < -0.3 is 0 Å². The zero-order valence-electron chi connectivity index (χ0n) is 11.8. The first-order chi connectivity index (χ1) is 10.6. The monoisotopic (exact) mass is 310 g/mol. The van der Waals surface area contributed by atoms with Crippen LogP contribution in [0.1, 0.15) is 5.69 Å². The van der Waals surface area contributed by atoms with Gasteiger partial charge in [-0.2, -0.15) is 0 Å². The van der Waals surface area contributed by atoms with E-state index in [-0.39, 0.29) is 10.6 Å². The average Bonchev–Trinajstić information content (AvgIpc) is 2.56. The molecule has 2 aromatic heterocycles. The van der Waals surface area contributed by atoms with Crippen LogP contribution in [0.2, 0.25) is 0 Å². The SMILES string of the molecule is O=S(=O)(Cc1ccccn1)c1cccc(-c2ccccn2)c1. The third-order valence-corrected chi connectivity index (χ3v) is 4.87. The number of sulfone groups is 1. The van der Waals surface area contributed by atoms with Gasteiger partial charge in [0.25, 0.3) is 0 Å². The Hall–Kier alpha value is -2.53. The standard InChI is InChI=1S/C17H14N2O2S/c20-22(21,13-15-7-1-3-10-18-15)16-8-5-6-14(12-16)17-9-2-4-11-19-17/h1-12H,13H2. The van der Waals surface area contributed by atoms with Crippen LogP contribution in [0.15, 0.2) is 78.0 Å². The van der Waals surface area contributed by atoms with Crippen molar-refractivity contribution in [1.82, 2.24) is 9.97 Å². The number of nitrogens with zero attached hydrogens (tertiary/aromatic N) is 2. The Bertz CT molecular complexity index is 863. The highest BCUT2D eigenvalue weighted by molar-refractivity contribution is 7.90. The van der Waals surface area contributed by atoms with Crippen LogP contribution in [0, 0.1) is 0 Å². The number of hydrogen-bond donors (Lipinski definition) is 0. The first-order valence-corrected chi connectivity index (χ1v) is 8.44. The average molecular weight is 310 g/mol. The number of pyridine rings is 2. The highest BCUT2D eigenvalue weighted by atomic mass is 32.2. The van der Waals surface area contributed by atoms with Crippen molar-refractivity contribution in [1.29, 1.82) is 0 Å². The Morgan fingerprint density at radius 3 is 2.27 bits per heavy atom. The molecular weight excluding hydrogens is 296 g/mol. The van der Waals surface area contributed by atoms with Gasteiger partial charge >= 0.3 is 0 Å². The van der Waals surface area contributed by atoms with Gasteiger partial charge in [0.15, 0.2) is 9.84 Å². The summed E-state index contributed by atoms with van der Waals surface area (Å²) in [6, 6.07) is 17.6. The van der Waals surface area contributed by atoms with E-state index in [0.29, 0.717) is 5.69 Å². The maximum absolute atomic E-state index is 12.5. The predicted molar refractivity (Wildman–Crippen MR) is 84.8 cm³/mol. The van der Waals surface area contributed by atoms with Gasteiger partial charge in [-0.25, -0.2) is 8.42 Å². The lowest BCUT2D eigenvalue weighted by molar-refractivity contribution is 0.594. The Balaban J connectivity index is 1.95. The van der Waals surface area contributed by atoms with Crippen molar-refractivity contribution in [2.45, 2.75) is 10.6 Å². The molecule has 0 N–H and O–H groups in total. The summed E-state index contributed by atoms with van der Waals surface area (Å²) >= 11 is 0. The lowest BCUT2D eigenvalue weighted by atomic mass is 10.1. The van der Waals surface area contributed by atoms with Crippen LogP contribution in [-0.2, 0) is 15.6 Å². The van der Waals surface area contributed by atoms with E-state index in [4.69, 9.17) is 0 Å². The van der Waals surface area contributed by atoms with Crippen LogP contribution in [0.3, 0.4) is 0 Å². The minimum Gasteiger partial charge on any atom is -0.260 e. The van der Waals surface area contributed by atoms with Gasteiger partial charge in [-0.3, -0.25) is 9.97 Å². The topological polar surface area (TPSA) is 59.9 Å². The third-order valence-electron chi connectivity index (χ3n) is 3.22. The third kappa shape index (κ3) is 3.20. The van der Waals surface area contributed by atoms with Crippen LogP contribution >= 0.6 is 0 Å². The number of benzene rings is 1. The molecule has 0 unspecified atom stereocenters. The quantitative estimate of drug-likeness (QED) is 0.743. The molecule has 4 nitrogen and oxygen atoms in total. The van der Waals surface area contributed by atoms with E-state index in [1.54, 1.807) is 48.8 Å². The van der Waals surface area contributed by atoms with E-state index in [1.807, 2.05) is 24.3 Å². The van der Waals surface area contributed by atoms with E-state index in [1.165, 1.54) is 0 Å². The summed E-state index contributed by atoms with van der Waals surface area (Å²) in [5.41, 5.74) is 2.06. The molecule has 0 aliphatic heterocycles. The Labute approximate surface area is 129 Å². The fourth-order valence-electron chi connectivity index (χ4n) is 2.14. The molecule has 1 aromatic carbocycles. The maximum Gasteiger partial charge on any atom is 0.184 e. The van der Waals surface area contributed by atoms with E-state index in [0.717, 1.165) is 11.3 Å². The van der Waals surface area contributed by atoms with Crippen LogP contribution in [-0.4, -0.2) is 18.4 Å². The molecule has 2 heterocycles. The molecule has 3 rings (SSSR count). The van der Waals surface area contributed by atoms with E-state index in [2.05, 4.69) is 9.97 Å². The minimum absolute atomic E-state index is 0.112.